The molecule has 20 heavy (non-hydrogen) atoms. The van der Waals surface area contributed by atoms with E-state index in [4.69, 9.17) is 0 Å². The van der Waals surface area contributed by atoms with Crippen LogP contribution in [0.15, 0.2) is 0 Å². The van der Waals surface area contributed by atoms with E-state index in [1.807, 2.05) is 13.8 Å². The summed E-state index contributed by atoms with van der Waals surface area (Å²) in [6.45, 7) is 20.4. The summed E-state index contributed by atoms with van der Waals surface area (Å²) < 4.78 is 0. The lowest BCUT2D eigenvalue weighted by Gasteiger charge is -2.28. The molecule has 0 aliphatic heterocycles. The third-order valence-electron chi connectivity index (χ3n) is 4.61. The highest BCUT2D eigenvalue weighted by Gasteiger charge is 2.15. The lowest BCUT2D eigenvalue weighted by atomic mass is 9.89. The number of hydrogen-bond acceptors (Lipinski definition) is 2. The highest BCUT2D eigenvalue weighted by molar-refractivity contribution is 4.68. The molecule has 0 rings (SSSR count). The van der Waals surface area contributed by atoms with Crippen LogP contribution in [0.5, 0.6) is 0 Å². The summed E-state index contributed by atoms with van der Waals surface area (Å²) in [7, 11) is 4.46. The Kier molecular flexibility index (Phi) is 14.0. The van der Waals surface area contributed by atoms with Gasteiger partial charge in [0, 0.05) is 12.1 Å². The van der Waals surface area contributed by atoms with Crippen LogP contribution < -0.4 is 0 Å². The van der Waals surface area contributed by atoms with Crippen molar-refractivity contribution in [3.8, 4) is 0 Å². The van der Waals surface area contributed by atoms with Crippen molar-refractivity contribution in [2.75, 3.05) is 27.2 Å². The molecular weight excluding hydrogens is 244 g/mol. The molecule has 0 fully saturated rings. The molecule has 0 radical (unpaired) electrons. The summed E-state index contributed by atoms with van der Waals surface area (Å²) in [4.78, 5) is 4.90. The molecule has 0 amide bonds. The minimum atomic E-state index is 0.666. The molecule has 0 heterocycles. The van der Waals surface area contributed by atoms with Crippen LogP contribution in [0.3, 0.4) is 0 Å². The van der Waals surface area contributed by atoms with E-state index >= 15 is 0 Å². The molecule has 0 aromatic heterocycles. The average Bonchev–Trinajstić information content (AvgIpc) is 2.42. The van der Waals surface area contributed by atoms with Gasteiger partial charge in [-0.2, -0.15) is 0 Å². The van der Waals surface area contributed by atoms with E-state index in [0.717, 1.165) is 11.8 Å². The van der Waals surface area contributed by atoms with E-state index < -0.39 is 0 Å². The van der Waals surface area contributed by atoms with Gasteiger partial charge in [0.2, 0.25) is 0 Å². The van der Waals surface area contributed by atoms with Crippen LogP contribution in [0.25, 0.3) is 0 Å². The lowest BCUT2D eigenvalue weighted by Crippen LogP contribution is -2.31. The Morgan fingerprint density at radius 3 is 1.05 bits per heavy atom. The molecule has 0 aromatic rings. The fraction of sp³-hybridized carbons (Fsp3) is 1.00. The van der Waals surface area contributed by atoms with Crippen molar-refractivity contribution in [1.82, 2.24) is 9.80 Å². The van der Waals surface area contributed by atoms with E-state index in [2.05, 4.69) is 65.4 Å². The summed E-state index contributed by atoms with van der Waals surface area (Å²) >= 11 is 0. The predicted molar refractivity (Wildman–Crippen MR) is 94.4 cm³/mol. The van der Waals surface area contributed by atoms with E-state index in [0.29, 0.717) is 12.1 Å². The minimum Gasteiger partial charge on any atom is -0.304 e. The van der Waals surface area contributed by atoms with E-state index in [-0.39, 0.29) is 0 Å². The van der Waals surface area contributed by atoms with Crippen molar-refractivity contribution < 1.29 is 0 Å². The number of hydrogen-bond donors (Lipinski definition) is 0. The smallest absolute Gasteiger partial charge is 0.00355 e. The second kappa shape index (κ2) is 12.6. The van der Waals surface area contributed by atoms with E-state index in [1.165, 1.54) is 25.9 Å². The van der Waals surface area contributed by atoms with Gasteiger partial charge < -0.3 is 9.80 Å². The van der Waals surface area contributed by atoms with Crippen LogP contribution in [0.2, 0.25) is 0 Å². The monoisotopic (exact) mass is 286 g/mol. The number of nitrogens with zero attached hydrogens (tertiary/aromatic N) is 2. The summed E-state index contributed by atoms with van der Waals surface area (Å²) in [6.07, 6.45) is 2.64. The first-order chi connectivity index (χ1) is 9.25. The van der Waals surface area contributed by atoms with Crippen molar-refractivity contribution in [2.24, 2.45) is 11.8 Å². The Bertz CT molecular complexity index is 180. The number of rotatable bonds is 9. The largest absolute Gasteiger partial charge is 0.304 e. The fourth-order valence-corrected chi connectivity index (χ4v) is 1.90. The summed E-state index contributed by atoms with van der Waals surface area (Å²) in [6, 6.07) is 1.33. The lowest BCUT2D eigenvalue weighted by molar-refractivity contribution is 0.208. The topological polar surface area (TPSA) is 6.48 Å². The molecule has 2 atom stereocenters. The van der Waals surface area contributed by atoms with Gasteiger partial charge in [0.1, 0.15) is 0 Å². The van der Waals surface area contributed by atoms with Gasteiger partial charge in [-0.3, -0.25) is 0 Å². The standard InChI is InChI=1S/C16H36N2.C2H6/c1-13(2)17(7)11-9-15(5)16(6)10-12-18(8)14(3)4;1-2/h13-16H,9-12H2,1-8H3;1-2H3. The summed E-state index contributed by atoms with van der Waals surface area (Å²) in [5.74, 6) is 1.65. The van der Waals surface area contributed by atoms with Gasteiger partial charge in [-0.15, -0.1) is 0 Å². The first-order valence-electron chi connectivity index (χ1n) is 8.66. The second-order valence-electron chi connectivity index (χ2n) is 6.68. The molecule has 0 aromatic carbocycles. The third kappa shape index (κ3) is 10.7. The zero-order valence-corrected chi connectivity index (χ0v) is 16.0. The Labute approximate surface area is 129 Å². The molecule has 2 nitrogen and oxygen atoms in total. The van der Waals surface area contributed by atoms with Crippen LogP contribution >= 0.6 is 0 Å². The Morgan fingerprint density at radius 1 is 0.600 bits per heavy atom. The van der Waals surface area contributed by atoms with Crippen LogP contribution in [0, 0.1) is 11.8 Å². The zero-order valence-electron chi connectivity index (χ0n) is 16.0. The normalized spacial score (nSPS) is 14.7. The van der Waals surface area contributed by atoms with Gasteiger partial charge in [0.05, 0.1) is 0 Å². The molecule has 0 spiro atoms. The molecule has 0 aliphatic carbocycles. The van der Waals surface area contributed by atoms with Crippen LogP contribution in [0.4, 0.5) is 0 Å². The Morgan fingerprint density at radius 2 is 0.850 bits per heavy atom. The molecule has 2 heteroatoms. The van der Waals surface area contributed by atoms with Crippen molar-refractivity contribution in [3.63, 3.8) is 0 Å². The molecule has 0 saturated carbocycles. The van der Waals surface area contributed by atoms with Gasteiger partial charge in [-0.1, -0.05) is 27.7 Å². The SMILES string of the molecule is CC.CC(CCN(C)C(C)C)C(C)CCN(C)C(C)C. The highest BCUT2D eigenvalue weighted by atomic mass is 15.1. The zero-order chi connectivity index (χ0) is 16.3. The molecule has 0 bridgehead atoms. The molecule has 2 unspecified atom stereocenters. The fourth-order valence-electron chi connectivity index (χ4n) is 1.90. The molecule has 0 saturated heterocycles. The quantitative estimate of drug-likeness (QED) is 0.604. The molecular formula is C18H42N2. The average molecular weight is 287 g/mol. The molecule has 0 N–H and O–H groups in total. The Balaban J connectivity index is 0. The summed E-state index contributed by atoms with van der Waals surface area (Å²) in [5, 5.41) is 0. The van der Waals surface area contributed by atoms with Crippen molar-refractivity contribution >= 4 is 0 Å². The predicted octanol–water partition coefficient (Wildman–Crippen LogP) is 4.75. The Hall–Kier alpha value is -0.0800. The van der Waals surface area contributed by atoms with Crippen LogP contribution in [-0.2, 0) is 0 Å². The van der Waals surface area contributed by atoms with Gasteiger partial charge in [-0.05, 0) is 79.6 Å². The van der Waals surface area contributed by atoms with Crippen molar-refractivity contribution in [1.29, 1.82) is 0 Å². The maximum Gasteiger partial charge on any atom is 0.00355 e. The maximum atomic E-state index is 2.45. The van der Waals surface area contributed by atoms with Crippen molar-refractivity contribution in [2.45, 2.75) is 80.3 Å². The van der Waals surface area contributed by atoms with Crippen LogP contribution in [0.1, 0.15) is 68.2 Å². The third-order valence-corrected chi connectivity index (χ3v) is 4.61. The maximum absolute atomic E-state index is 2.45. The van der Waals surface area contributed by atoms with Gasteiger partial charge >= 0.3 is 0 Å². The summed E-state index contributed by atoms with van der Waals surface area (Å²) in [5.41, 5.74) is 0. The van der Waals surface area contributed by atoms with Gasteiger partial charge in [0.25, 0.3) is 0 Å². The van der Waals surface area contributed by atoms with E-state index in [9.17, 15) is 0 Å². The first-order valence-corrected chi connectivity index (χ1v) is 8.66. The molecule has 124 valence electrons. The van der Waals surface area contributed by atoms with Gasteiger partial charge in [0.15, 0.2) is 0 Å². The first kappa shape index (κ1) is 22.2. The van der Waals surface area contributed by atoms with Crippen molar-refractivity contribution in [3.05, 3.63) is 0 Å². The second-order valence-corrected chi connectivity index (χ2v) is 6.68. The minimum absolute atomic E-state index is 0.666. The van der Waals surface area contributed by atoms with Crippen LogP contribution in [-0.4, -0.2) is 49.1 Å². The highest BCUT2D eigenvalue weighted by Crippen LogP contribution is 2.19. The molecule has 0 aliphatic rings. The van der Waals surface area contributed by atoms with E-state index in [1.54, 1.807) is 0 Å². The van der Waals surface area contributed by atoms with Gasteiger partial charge in [-0.25, -0.2) is 0 Å².